The standard InChI is InChI=1S/C15H18N2O2S/c1-16-12-5-7-13(8-6-12)19-11-15(18)17(2)10-14-4-3-9-20-14/h3-9,16H,10-11H2,1-2H3. The Bertz CT molecular complexity index is 538. The summed E-state index contributed by atoms with van der Waals surface area (Å²) in [5, 5.41) is 5.04. The number of carbonyl (C=O) groups is 1. The molecule has 0 fully saturated rings. The first-order valence-corrected chi connectivity index (χ1v) is 7.24. The van der Waals surface area contributed by atoms with Crippen molar-refractivity contribution in [1.82, 2.24) is 4.90 Å². The molecule has 0 bridgehead atoms. The van der Waals surface area contributed by atoms with Gasteiger partial charge < -0.3 is 15.0 Å². The van der Waals surface area contributed by atoms with Crippen LogP contribution in [0.1, 0.15) is 4.88 Å². The lowest BCUT2D eigenvalue weighted by Gasteiger charge is -2.16. The molecule has 1 aromatic heterocycles. The topological polar surface area (TPSA) is 41.6 Å². The normalized spacial score (nSPS) is 10.1. The zero-order valence-corrected chi connectivity index (χ0v) is 12.4. The third-order valence-electron chi connectivity index (χ3n) is 2.90. The summed E-state index contributed by atoms with van der Waals surface area (Å²) in [4.78, 5) is 14.8. The number of hydrogen-bond donors (Lipinski definition) is 1. The average molecular weight is 290 g/mol. The van der Waals surface area contributed by atoms with Crippen LogP contribution in [-0.2, 0) is 11.3 Å². The van der Waals surface area contributed by atoms with Gasteiger partial charge in [0.25, 0.3) is 5.91 Å². The van der Waals surface area contributed by atoms with E-state index in [0.717, 1.165) is 5.69 Å². The molecule has 0 saturated heterocycles. The first-order valence-electron chi connectivity index (χ1n) is 6.36. The van der Waals surface area contributed by atoms with E-state index in [2.05, 4.69) is 5.32 Å². The summed E-state index contributed by atoms with van der Waals surface area (Å²) < 4.78 is 5.49. The molecular formula is C15H18N2O2S. The van der Waals surface area contributed by atoms with Gasteiger partial charge in [-0.2, -0.15) is 0 Å². The number of hydrogen-bond acceptors (Lipinski definition) is 4. The van der Waals surface area contributed by atoms with E-state index in [1.54, 1.807) is 23.3 Å². The van der Waals surface area contributed by atoms with Gasteiger partial charge in [0.1, 0.15) is 5.75 Å². The maximum absolute atomic E-state index is 12.0. The first-order chi connectivity index (χ1) is 9.69. The third kappa shape index (κ3) is 3.99. The highest BCUT2D eigenvalue weighted by Gasteiger charge is 2.10. The Morgan fingerprint density at radius 3 is 2.65 bits per heavy atom. The average Bonchev–Trinajstić information content (AvgIpc) is 2.98. The van der Waals surface area contributed by atoms with Crippen LogP contribution < -0.4 is 10.1 Å². The Morgan fingerprint density at radius 2 is 2.05 bits per heavy atom. The van der Waals surface area contributed by atoms with Gasteiger partial charge in [-0.05, 0) is 35.7 Å². The number of anilines is 1. The Hall–Kier alpha value is -2.01. The zero-order valence-electron chi connectivity index (χ0n) is 11.6. The van der Waals surface area contributed by atoms with Gasteiger partial charge in [0, 0.05) is 24.7 Å². The fraction of sp³-hybridized carbons (Fsp3) is 0.267. The lowest BCUT2D eigenvalue weighted by Crippen LogP contribution is -2.30. The van der Waals surface area contributed by atoms with Crippen LogP contribution in [0.5, 0.6) is 5.75 Å². The van der Waals surface area contributed by atoms with Gasteiger partial charge in [-0.25, -0.2) is 0 Å². The number of nitrogens with one attached hydrogen (secondary N) is 1. The highest BCUT2D eigenvalue weighted by atomic mass is 32.1. The highest BCUT2D eigenvalue weighted by Crippen LogP contribution is 2.15. The summed E-state index contributed by atoms with van der Waals surface area (Å²) in [7, 11) is 3.65. The van der Waals surface area contributed by atoms with Crippen LogP contribution in [-0.4, -0.2) is 31.5 Å². The molecule has 0 aliphatic heterocycles. The molecule has 5 heteroatoms. The number of amides is 1. The van der Waals surface area contributed by atoms with Crippen LogP contribution in [0.4, 0.5) is 5.69 Å². The van der Waals surface area contributed by atoms with Crippen molar-refractivity contribution < 1.29 is 9.53 Å². The largest absolute Gasteiger partial charge is 0.484 e. The van der Waals surface area contributed by atoms with Gasteiger partial charge in [0.15, 0.2) is 6.61 Å². The molecule has 106 valence electrons. The van der Waals surface area contributed by atoms with Crippen LogP contribution in [0.2, 0.25) is 0 Å². The minimum Gasteiger partial charge on any atom is -0.484 e. The lowest BCUT2D eigenvalue weighted by atomic mass is 10.3. The second-order valence-corrected chi connectivity index (χ2v) is 5.42. The predicted molar refractivity (Wildman–Crippen MR) is 82.3 cm³/mol. The lowest BCUT2D eigenvalue weighted by molar-refractivity contribution is -0.132. The molecule has 0 atom stereocenters. The van der Waals surface area contributed by atoms with Crippen LogP contribution in [0.25, 0.3) is 0 Å². The van der Waals surface area contributed by atoms with Crippen molar-refractivity contribution in [2.45, 2.75) is 6.54 Å². The Morgan fingerprint density at radius 1 is 1.30 bits per heavy atom. The molecule has 0 saturated carbocycles. The molecule has 4 nitrogen and oxygen atoms in total. The van der Waals surface area contributed by atoms with Crippen molar-refractivity contribution in [2.24, 2.45) is 0 Å². The summed E-state index contributed by atoms with van der Waals surface area (Å²) in [6.07, 6.45) is 0. The number of likely N-dealkylation sites (N-methyl/N-ethyl adjacent to an activating group) is 1. The molecule has 0 unspecified atom stereocenters. The first kappa shape index (κ1) is 14.4. The summed E-state index contributed by atoms with van der Waals surface area (Å²) in [5.74, 6) is 0.665. The molecule has 1 N–H and O–H groups in total. The van der Waals surface area contributed by atoms with Crippen LogP contribution in [0.3, 0.4) is 0 Å². The molecule has 20 heavy (non-hydrogen) atoms. The van der Waals surface area contributed by atoms with E-state index in [-0.39, 0.29) is 12.5 Å². The van der Waals surface area contributed by atoms with Gasteiger partial charge in [-0.1, -0.05) is 6.07 Å². The van der Waals surface area contributed by atoms with Gasteiger partial charge in [-0.15, -0.1) is 11.3 Å². The van der Waals surface area contributed by atoms with Crippen molar-refractivity contribution >= 4 is 22.9 Å². The number of nitrogens with zero attached hydrogens (tertiary/aromatic N) is 1. The molecule has 0 aliphatic carbocycles. The minimum absolute atomic E-state index is 0.0314. The minimum atomic E-state index is -0.0314. The quantitative estimate of drug-likeness (QED) is 0.889. The summed E-state index contributed by atoms with van der Waals surface area (Å²) in [6.45, 7) is 0.680. The monoisotopic (exact) mass is 290 g/mol. The third-order valence-corrected chi connectivity index (χ3v) is 3.77. The number of benzene rings is 1. The zero-order chi connectivity index (χ0) is 14.4. The number of thiophene rings is 1. The second kappa shape index (κ2) is 6.96. The van der Waals surface area contributed by atoms with Crippen molar-refractivity contribution in [1.29, 1.82) is 0 Å². The van der Waals surface area contributed by atoms with Crippen LogP contribution in [0.15, 0.2) is 41.8 Å². The maximum atomic E-state index is 12.0. The molecule has 1 heterocycles. The van der Waals surface area contributed by atoms with Gasteiger partial charge in [-0.3, -0.25) is 4.79 Å². The molecule has 1 aromatic carbocycles. The molecule has 2 aromatic rings. The molecule has 0 spiro atoms. The fourth-order valence-electron chi connectivity index (χ4n) is 1.70. The van der Waals surface area contributed by atoms with Gasteiger partial charge in [0.05, 0.1) is 6.54 Å². The van der Waals surface area contributed by atoms with Crippen molar-refractivity contribution in [3.05, 3.63) is 46.7 Å². The number of carbonyl (C=O) groups excluding carboxylic acids is 1. The molecule has 0 aliphatic rings. The summed E-state index contributed by atoms with van der Waals surface area (Å²) in [5.41, 5.74) is 1.01. The molecule has 2 rings (SSSR count). The van der Waals surface area contributed by atoms with Crippen molar-refractivity contribution in [3.63, 3.8) is 0 Å². The maximum Gasteiger partial charge on any atom is 0.260 e. The Balaban J connectivity index is 1.81. The summed E-state index contributed by atoms with van der Waals surface area (Å²) in [6, 6.07) is 11.5. The fourth-order valence-corrected chi connectivity index (χ4v) is 2.45. The van der Waals surface area contributed by atoms with Gasteiger partial charge in [0.2, 0.25) is 0 Å². The Labute approximate surface area is 123 Å². The highest BCUT2D eigenvalue weighted by molar-refractivity contribution is 7.09. The SMILES string of the molecule is CNc1ccc(OCC(=O)N(C)Cc2cccs2)cc1. The van der Waals surface area contributed by atoms with Crippen molar-refractivity contribution in [3.8, 4) is 5.75 Å². The number of ether oxygens (including phenoxy) is 1. The van der Waals surface area contributed by atoms with E-state index in [1.165, 1.54) is 4.88 Å². The van der Waals surface area contributed by atoms with E-state index >= 15 is 0 Å². The van der Waals surface area contributed by atoms with E-state index in [4.69, 9.17) is 4.74 Å². The number of rotatable bonds is 6. The van der Waals surface area contributed by atoms with Gasteiger partial charge >= 0.3 is 0 Å². The summed E-state index contributed by atoms with van der Waals surface area (Å²) >= 11 is 1.65. The molecule has 0 radical (unpaired) electrons. The van der Waals surface area contributed by atoms with Crippen LogP contribution in [0, 0.1) is 0 Å². The van der Waals surface area contributed by atoms with E-state index in [0.29, 0.717) is 12.3 Å². The second-order valence-electron chi connectivity index (χ2n) is 4.39. The van der Waals surface area contributed by atoms with E-state index in [9.17, 15) is 4.79 Å². The Kier molecular flexibility index (Phi) is 5.01. The van der Waals surface area contributed by atoms with Crippen LogP contribution >= 0.6 is 11.3 Å². The van der Waals surface area contributed by atoms with Crippen molar-refractivity contribution in [2.75, 3.05) is 26.0 Å². The predicted octanol–water partition coefficient (Wildman–Crippen LogP) is 2.83. The molecular weight excluding hydrogens is 272 g/mol. The molecule has 1 amide bonds. The smallest absolute Gasteiger partial charge is 0.260 e. The van der Waals surface area contributed by atoms with E-state index in [1.807, 2.05) is 48.8 Å². The van der Waals surface area contributed by atoms with E-state index < -0.39 is 0 Å².